The monoisotopic (exact) mass is 316 g/mol. The van der Waals surface area contributed by atoms with Crippen LogP contribution < -0.4 is 5.32 Å². The molecule has 0 spiro atoms. The summed E-state index contributed by atoms with van der Waals surface area (Å²) in [5.74, 6) is 0.796. The third-order valence-corrected chi connectivity index (χ3v) is 5.10. The zero-order valence-corrected chi connectivity index (χ0v) is 12.7. The third-order valence-electron chi connectivity index (χ3n) is 3.78. The molecule has 1 aliphatic heterocycles. The van der Waals surface area contributed by atoms with Gasteiger partial charge in [0, 0.05) is 9.90 Å². The van der Waals surface area contributed by atoms with Gasteiger partial charge in [0.25, 0.3) is 0 Å². The van der Waals surface area contributed by atoms with Crippen LogP contribution in [0.15, 0.2) is 48.1 Å². The van der Waals surface area contributed by atoms with Crippen LogP contribution >= 0.6 is 22.9 Å². The lowest BCUT2D eigenvalue weighted by molar-refractivity contribution is 0.436. The second kappa shape index (κ2) is 5.16. The summed E-state index contributed by atoms with van der Waals surface area (Å²) in [4.78, 5) is 5.62. The van der Waals surface area contributed by atoms with Crippen molar-refractivity contribution in [2.24, 2.45) is 0 Å². The Morgan fingerprint density at radius 3 is 2.95 bits per heavy atom. The molecule has 1 aromatic carbocycles. The van der Waals surface area contributed by atoms with Gasteiger partial charge in [0.2, 0.25) is 5.95 Å². The maximum atomic E-state index is 6.35. The van der Waals surface area contributed by atoms with Crippen LogP contribution in [0.5, 0.6) is 0 Å². The number of nitrogens with one attached hydrogen (secondary N) is 1. The van der Waals surface area contributed by atoms with Crippen molar-refractivity contribution in [1.29, 1.82) is 0 Å². The highest BCUT2D eigenvalue weighted by Gasteiger charge is 2.31. The fourth-order valence-corrected chi connectivity index (χ4v) is 3.89. The molecule has 4 nitrogen and oxygen atoms in total. The van der Waals surface area contributed by atoms with Gasteiger partial charge < -0.3 is 5.32 Å². The summed E-state index contributed by atoms with van der Waals surface area (Å²) in [7, 11) is 0. The number of thiophene rings is 1. The van der Waals surface area contributed by atoms with Gasteiger partial charge in [-0.15, -0.1) is 11.3 Å². The summed E-state index contributed by atoms with van der Waals surface area (Å²) in [5.41, 5.74) is 1.11. The molecule has 3 heterocycles. The fourth-order valence-electron chi connectivity index (χ4n) is 2.80. The van der Waals surface area contributed by atoms with E-state index < -0.39 is 0 Å². The Bertz CT molecular complexity index is 753. The average Bonchev–Trinajstić information content (AvgIpc) is 3.18. The number of aromatic nitrogens is 3. The number of nitrogens with zero attached hydrogens (tertiary/aromatic N) is 3. The predicted molar refractivity (Wildman–Crippen MR) is 84.9 cm³/mol. The van der Waals surface area contributed by atoms with Crippen molar-refractivity contribution in [2.75, 3.05) is 5.32 Å². The molecule has 2 atom stereocenters. The molecule has 0 aliphatic carbocycles. The first-order valence-corrected chi connectivity index (χ1v) is 8.02. The zero-order valence-electron chi connectivity index (χ0n) is 11.1. The normalized spacial score (nSPS) is 20.8. The Morgan fingerprint density at radius 1 is 1.24 bits per heavy atom. The van der Waals surface area contributed by atoms with E-state index in [0.29, 0.717) is 0 Å². The second-order valence-electron chi connectivity index (χ2n) is 5.01. The maximum absolute atomic E-state index is 6.35. The van der Waals surface area contributed by atoms with Crippen LogP contribution in [0.1, 0.15) is 28.9 Å². The highest BCUT2D eigenvalue weighted by Crippen LogP contribution is 2.40. The van der Waals surface area contributed by atoms with Crippen LogP contribution in [0.2, 0.25) is 5.02 Å². The van der Waals surface area contributed by atoms with E-state index in [9.17, 15) is 0 Å². The highest BCUT2D eigenvalue weighted by atomic mass is 35.5. The summed E-state index contributed by atoms with van der Waals surface area (Å²) in [5, 5.41) is 10.7. The van der Waals surface area contributed by atoms with Crippen LogP contribution in [-0.4, -0.2) is 14.8 Å². The molecule has 3 aromatic rings. The lowest BCUT2D eigenvalue weighted by atomic mass is 9.97. The number of fused-ring (bicyclic) bond motifs is 1. The Morgan fingerprint density at radius 2 is 2.14 bits per heavy atom. The van der Waals surface area contributed by atoms with E-state index in [1.54, 1.807) is 17.7 Å². The van der Waals surface area contributed by atoms with Gasteiger partial charge in [-0.2, -0.15) is 10.1 Å². The van der Waals surface area contributed by atoms with Crippen LogP contribution in [0, 0.1) is 0 Å². The zero-order chi connectivity index (χ0) is 14.2. The molecule has 106 valence electrons. The first kappa shape index (κ1) is 12.9. The van der Waals surface area contributed by atoms with Crippen molar-refractivity contribution >= 4 is 28.9 Å². The van der Waals surface area contributed by atoms with E-state index in [0.717, 1.165) is 23.0 Å². The SMILES string of the molecule is Clc1ccccc1[C@H]1C[C@H](c2cccs2)n2ncnc2N1. The Hall–Kier alpha value is -1.85. The Kier molecular flexibility index (Phi) is 3.16. The van der Waals surface area contributed by atoms with Crippen molar-refractivity contribution in [3.63, 3.8) is 0 Å². The second-order valence-corrected chi connectivity index (χ2v) is 6.40. The first-order chi connectivity index (χ1) is 10.3. The molecule has 0 saturated carbocycles. The first-order valence-electron chi connectivity index (χ1n) is 6.77. The molecule has 6 heteroatoms. The summed E-state index contributed by atoms with van der Waals surface area (Å²) in [6, 6.07) is 12.5. The Labute approximate surface area is 131 Å². The number of hydrogen-bond donors (Lipinski definition) is 1. The molecule has 0 amide bonds. The van der Waals surface area contributed by atoms with Crippen molar-refractivity contribution in [3.05, 3.63) is 63.6 Å². The van der Waals surface area contributed by atoms with Crippen molar-refractivity contribution in [3.8, 4) is 0 Å². The average molecular weight is 317 g/mol. The van der Waals surface area contributed by atoms with Gasteiger partial charge in [0.1, 0.15) is 6.33 Å². The van der Waals surface area contributed by atoms with Gasteiger partial charge in [-0.1, -0.05) is 35.9 Å². The molecule has 4 rings (SSSR count). The van der Waals surface area contributed by atoms with Crippen LogP contribution in [0.4, 0.5) is 5.95 Å². The van der Waals surface area contributed by atoms with Gasteiger partial charge >= 0.3 is 0 Å². The van der Waals surface area contributed by atoms with Crippen LogP contribution in [0.25, 0.3) is 0 Å². The standard InChI is InChI=1S/C15H13ClN4S/c16-11-5-2-1-4-10(11)12-8-13(14-6-3-7-21-14)20-15(19-12)17-9-18-20/h1-7,9,12-13H,8H2,(H,17,18,19)/t12-,13-/m1/s1. The third kappa shape index (κ3) is 2.22. The van der Waals surface area contributed by atoms with Gasteiger partial charge in [-0.25, -0.2) is 4.68 Å². The van der Waals surface area contributed by atoms with E-state index in [1.165, 1.54) is 4.88 Å². The van der Waals surface area contributed by atoms with E-state index in [-0.39, 0.29) is 12.1 Å². The van der Waals surface area contributed by atoms with Gasteiger partial charge in [-0.3, -0.25) is 0 Å². The molecular formula is C15H13ClN4S. The van der Waals surface area contributed by atoms with E-state index in [1.807, 2.05) is 22.9 Å². The predicted octanol–water partition coefficient (Wildman–Crippen LogP) is 4.14. The molecule has 0 saturated heterocycles. The highest BCUT2D eigenvalue weighted by molar-refractivity contribution is 7.10. The summed E-state index contributed by atoms with van der Waals surface area (Å²) < 4.78 is 1.96. The molecule has 2 aromatic heterocycles. The minimum atomic E-state index is 0.141. The summed E-state index contributed by atoms with van der Waals surface area (Å²) in [6.45, 7) is 0. The minimum absolute atomic E-state index is 0.141. The van der Waals surface area contributed by atoms with Crippen LogP contribution in [-0.2, 0) is 0 Å². The number of hydrogen-bond acceptors (Lipinski definition) is 4. The number of halogens is 1. The van der Waals surface area contributed by atoms with E-state index >= 15 is 0 Å². The van der Waals surface area contributed by atoms with Gasteiger partial charge in [-0.05, 0) is 29.5 Å². The number of benzene rings is 1. The van der Waals surface area contributed by atoms with Crippen molar-refractivity contribution in [2.45, 2.75) is 18.5 Å². The molecule has 0 fully saturated rings. The topological polar surface area (TPSA) is 42.7 Å². The molecular weight excluding hydrogens is 304 g/mol. The fraction of sp³-hybridized carbons (Fsp3) is 0.200. The van der Waals surface area contributed by atoms with Gasteiger partial charge in [0.15, 0.2) is 0 Å². The molecule has 1 N–H and O–H groups in total. The Balaban J connectivity index is 1.76. The van der Waals surface area contributed by atoms with Crippen molar-refractivity contribution < 1.29 is 0 Å². The summed E-state index contributed by atoms with van der Waals surface area (Å²) >= 11 is 8.10. The molecule has 21 heavy (non-hydrogen) atoms. The lowest BCUT2D eigenvalue weighted by Crippen LogP contribution is -2.27. The van der Waals surface area contributed by atoms with Gasteiger partial charge in [0.05, 0.1) is 12.1 Å². The largest absolute Gasteiger partial charge is 0.347 e. The smallest absolute Gasteiger partial charge is 0.222 e. The van der Waals surface area contributed by atoms with Crippen LogP contribution in [0.3, 0.4) is 0 Å². The maximum Gasteiger partial charge on any atom is 0.222 e. The minimum Gasteiger partial charge on any atom is -0.347 e. The van der Waals surface area contributed by atoms with Crippen molar-refractivity contribution in [1.82, 2.24) is 14.8 Å². The molecule has 0 unspecified atom stereocenters. The quantitative estimate of drug-likeness (QED) is 0.772. The lowest BCUT2D eigenvalue weighted by Gasteiger charge is -2.31. The summed E-state index contributed by atoms with van der Waals surface area (Å²) in [6.07, 6.45) is 2.50. The molecule has 1 aliphatic rings. The van der Waals surface area contributed by atoms with E-state index in [4.69, 9.17) is 11.6 Å². The molecule has 0 bridgehead atoms. The number of rotatable bonds is 2. The van der Waals surface area contributed by atoms with E-state index in [2.05, 4.69) is 39.0 Å². The number of anilines is 1. The molecule has 0 radical (unpaired) electrons.